The molecule has 182 valence electrons. The van der Waals surface area contributed by atoms with E-state index in [-0.39, 0.29) is 13.0 Å². The number of carbonyl (C=O) groups is 3. The van der Waals surface area contributed by atoms with Crippen LogP contribution in [-0.4, -0.2) is 48.5 Å². The summed E-state index contributed by atoms with van der Waals surface area (Å²) in [5.74, 6) is -1.11. The number of ether oxygens (including phenoxy) is 2. The molecule has 0 spiro atoms. The van der Waals surface area contributed by atoms with E-state index in [4.69, 9.17) is 15.2 Å². The maximum Gasteiger partial charge on any atom is 0.415 e. The summed E-state index contributed by atoms with van der Waals surface area (Å²) in [6.07, 6.45) is 0.463. The summed E-state index contributed by atoms with van der Waals surface area (Å²) in [5.41, 5.74) is 8.28. The van der Waals surface area contributed by atoms with Crippen molar-refractivity contribution in [3.8, 4) is 0 Å². The van der Waals surface area contributed by atoms with E-state index < -0.39 is 35.7 Å². The maximum atomic E-state index is 13.1. The molecule has 1 aliphatic rings. The standard InChI is InChI=1S/C25H31N3O5S/c1-15-19(12-11-17(26)21(15)34-5)28-14-20(32-24(28)31)22(29)27-18(23(30)33-25(2,3)4)13-16-9-7-6-8-10-16/h6-12,18,20H,13-14,26H2,1-5H3,(H,27,29)/t18-,20?/m1/s1. The number of nitrogens with zero attached hydrogens (tertiary/aromatic N) is 1. The number of thioether (sulfide) groups is 1. The summed E-state index contributed by atoms with van der Waals surface area (Å²) < 4.78 is 10.9. The van der Waals surface area contributed by atoms with Crippen molar-refractivity contribution in [1.82, 2.24) is 5.32 Å². The molecule has 9 heteroatoms. The average Bonchev–Trinajstić information content (AvgIpc) is 3.14. The van der Waals surface area contributed by atoms with Gasteiger partial charge in [0.15, 0.2) is 6.10 Å². The molecule has 2 aromatic rings. The van der Waals surface area contributed by atoms with Gasteiger partial charge in [0.2, 0.25) is 0 Å². The van der Waals surface area contributed by atoms with Crippen molar-refractivity contribution in [2.75, 3.05) is 23.4 Å². The highest BCUT2D eigenvalue weighted by molar-refractivity contribution is 7.98. The minimum Gasteiger partial charge on any atom is -0.458 e. The molecule has 0 saturated carbocycles. The fourth-order valence-electron chi connectivity index (χ4n) is 3.74. The van der Waals surface area contributed by atoms with Crippen molar-refractivity contribution in [1.29, 1.82) is 0 Å². The van der Waals surface area contributed by atoms with Crippen LogP contribution < -0.4 is 16.0 Å². The monoisotopic (exact) mass is 485 g/mol. The van der Waals surface area contributed by atoms with E-state index in [1.807, 2.05) is 43.5 Å². The van der Waals surface area contributed by atoms with Gasteiger partial charge in [0, 0.05) is 17.0 Å². The lowest BCUT2D eigenvalue weighted by Gasteiger charge is -2.25. The Labute approximate surface area is 204 Å². The highest BCUT2D eigenvalue weighted by atomic mass is 32.2. The van der Waals surface area contributed by atoms with Crippen LogP contribution in [0.15, 0.2) is 47.4 Å². The van der Waals surface area contributed by atoms with Gasteiger partial charge in [-0.1, -0.05) is 30.3 Å². The van der Waals surface area contributed by atoms with E-state index in [2.05, 4.69) is 5.32 Å². The zero-order chi connectivity index (χ0) is 25.0. The van der Waals surface area contributed by atoms with E-state index in [0.717, 1.165) is 16.0 Å². The number of amides is 2. The zero-order valence-electron chi connectivity index (χ0n) is 20.1. The van der Waals surface area contributed by atoms with E-state index >= 15 is 0 Å². The van der Waals surface area contributed by atoms with Crippen LogP contribution in [0.1, 0.15) is 31.9 Å². The Kier molecular flexibility index (Phi) is 7.76. The van der Waals surface area contributed by atoms with E-state index in [1.165, 1.54) is 16.7 Å². The molecule has 2 atom stereocenters. The van der Waals surface area contributed by atoms with Crippen molar-refractivity contribution in [2.24, 2.45) is 0 Å². The minimum atomic E-state index is -1.07. The summed E-state index contributed by atoms with van der Waals surface area (Å²) in [6, 6.07) is 11.9. The molecular weight excluding hydrogens is 454 g/mol. The van der Waals surface area contributed by atoms with Crippen molar-refractivity contribution >= 4 is 41.1 Å². The molecule has 1 heterocycles. The third-order valence-corrected chi connectivity index (χ3v) is 6.25. The normalized spacial score (nSPS) is 16.7. The molecule has 3 rings (SSSR count). The lowest BCUT2D eigenvalue weighted by atomic mass is 10.1. The van der Waals surface area contributed by atoms with Crippen molar-refractivity contribution in [2.45, 2.75) is 56.8 Å². The number of nitrogens with two attached hydrogens (primary N) is 1. The van der Waals surface area contributed by atoms with Crippen LogP contribution in [0.5, 0.6) is 0 Å². The highest BCUT2D eigenvalue weighted by Crippen LogP contribution is 2.35. The Morgan fingerprint density at radius 2 is 1.91 bits per heavy atom. The summed E-state index contributed by atoms with van der Waals surface area (Å²) in [6.45, 7) is 7.19. The van der Waals surface area contributed by atoms with Crippen LogP contribution in [0.4, 0.5) is 16.2 Å². The number of nitrogen functional groups attached to an aromatic ring is 1. The highest BCUT2D eigenvalue weighted by Gasteiger charge is 2.39. The molecule has 0 radical (unpaired) electrons. The molecule has 34 heavy (non-hydrogen) atoms. The Bertz CT molecular complexity index is 1070. The molecule has 0 bridgehead atoms. The first-order valence-corrected chi connectivity index (χ1v) is 12.2. The molecule has 1 unspecified atom stereocenters. The second kappa shape index (κ2) is 10.4. The Morgan fingerprint density at radius 1 is 1.24 bits per heavy atom. The quantitative estimate of drug-likeness (QED) is 0.349. The number of rotatable bonds is 7. The molecule has 1 fully saturated rings. The topological polar surface area (TPSA) is 111 Å². The van der Waals surface area contributed by atoms with Crippen molar-refractivity contribution in [3.63, 3.8) is 0 Å². The van der Waals surface area contributed by atoms with Gasteiger partial charge in [-0.05, 0) is 57.2 Å². The summed E-state index contributed by atoms with van der Waals surface area (Å²) in [7, 11) is 0. The number of cyclic esters (lactones) is 1. The molecule has 3 N–H and O–H groups in total. The molecule has 0 aliphatic carbocycles. The van der Waals surface area contributed by atoms with Gasteiger partial charge in [0.05, 0.1) is 12.2 Å². The van der Waals surface area contributed by atoms with Crippen LogP contribution in [0.2, 0.25) is 0 Å². The Balaban J connectivity index is 1.77. The van der Waals surface area contributed by atoms with Gasteiger partial charge in [-0.15, -0.1) is 11.8 Å². The number of hydrogen-bond donors (Lipinski definition) is 2. The van der Waals surface area contributed by atoms with E-state index in [9.17, 15) is 14.4 Å². The molecule has 2 aromatic carbocycles. The number of carbonyl (C=O) groups excluding carboxylic acids is 3. The molecule has 2 amide bonds. The molecular formula is C25H31N3O5S. The summed E-state index contributed by atoms with van der Waals surface area (Å²) in [4.78, 5) is 40.8. The summed E-state index contributed by atoms with van der Waals surface area (Å²) >= 11 is 1.49. The first kappa shape index (κ1) is 25.4. The second-order valence-electron chi connectivity index (χ2n) is 9.10. The van der Waals surface area contributed by atoms with Crippen molar-refractivity contribution < 1.29 is 23.9 Å². The average molecular weight is 486 g/mol. The number of benzene rings is 2. The number of hydrogen-bond acceptors (Lipinski definition) is 7. The van der Waals surface area contributed by atoms with E-state index in [0.29, 0.717) is 11.4 Å². The van der Waals surface area contributed by atoms with Crippen molar-refractivity contribution in [3.05, 3.63) is 53.6 Å². The third kappa shape index (κ3) is 6.02. The second-order valence-corrected chi connectivity index (χ2v) is 9.92. The van der Waals surface area contributed by atoms with Crippen LogP contribution in [-0.2, 0) is 25.5 Å². The minimum absolute atomic E-state index is 0.0234. The van der Waals surface area contributed by atoms with Gasteiger partial charge >= 0.3 is 12.1 Å². The Hall–Kier alpha value is -3.20. The van der Waals surface area contributed by atoms with E-state index in [1.54, 1.807) is 32.9 Å². The maximum absolute atomic E-state index is 13.1. The smallest absolute Gasteiger partial charge is 0.415 e. The van der Waals surface area contributed by atoms with Gasteiger partial charge in [0.25, 0.3) is 5.91 Å². The molecule has 1 aliphatic heterocycles. The van der Waals surface area contributed by atoms with Gasteiger partial charge in [-0.25, -0.2) is 9.59 Å². The van der Waals surface area contributed by atoms with Gasteiger partial charge in [0.1, 0.15) is 11.6 Å². The van der Waals surface area contributed by atoms with Crippen LogP contribution in [0, 0.1) is 6.92 Å². The number of esters is 1. The number of anilines is 2. The lowest BCUT2D eigenvalue weighted by molar-refractivity contribution is -0.159. The first-order chi connectivity index (χ1) is 16.0. The SMILES string of the molecule is CSc1c(N)ccc(N2CC(C(=O)N[C@H](Cc3ccccc3)C(=O)OC(C)(C)C)OC2=O)c1C. The molecule has 1 saturated heterocycles. The fraction of sp³-hybridized carbons (Fsp3) is 0.400. The van der Waals surface area contributed by atoms with Crippen LogP contribution in [0.3, 0.4) is 0 Å². The first-order valence-electron chi connectivity index (χ1n) is 11.0. The molecule has 8 nitrogen and oxygen atoms in total. The van der Waals surface area contributed by atoms with Crippen LogP contribution >= 0.6 is 11.8 Å². The van der Waals surface area contributed by atoms with Crippen LogP contribution in [0.25, 0.3) is 0 Å². The largest absolute Gasteiger partial charge is 0.458 e. The third-order valence-electron chi connectivity index (χ3n) is 5.30. The number of nitrogens with one attached hydrogen (secondary N) is 1. The fourth-order valence-corrected chi connectivity index (χ4v) is 4.46. The lowest BCUT2D eigenvalue weighted by Crippen LogP contribution is -2.49. The van der Waals surface area contributed by atoms with Gasteiger partial charge in [-0.2, -0.15) is 0 Å². The summed E-state index contributed by atoms with van der Waals surface area (Å²) in [5, 5.41) is 2.73. The molecule has 0 aromatic heterocycles. The van der Waals surface area contributed by atoms with Gasteiger partial charge in [-0.3, -0.25) is 9.69 Å². The Morgan fingerprint density at radius 3 is 2.53 bits per heavy atom. The predicted octanol–water partition coefficient (Wildman–Crippen LogP) is 3.69. The van der Waals surface area contributed by atoms with Gasteiger partial charge < -0.3 is 20.5 Å². The zero-order valence-corrected chi connectivity index (χ0v) is 20.9. The predicted molar refractivity (Wildman–Crippen MR) is 133 cm³/mol.